The van der Waals surface area contributed by atoms with Gasteiger partial charge in [-0.05, 0) is 64.6 Å². The molecule has 0 aliphatic heterocycles. The minimum Gasteiger partial charge on any atom is -0.390 e. The van der Waals surface area contributed by atoms with Gasteiger partial charge in [0.1, 0.15) is 0 Å². The molecule has 0 saturated carbocycles. The number of aliphatic hydroxyl groups is 1. The third-order valence-corrected chi connectivity index (χ3v) is 4.63. The minimum atomic E-state index is -0.621. The van der Waals surface area contributed by atoms with Gasteiger partial charge in [-0.3, -0.25) is 0 Å². The molecule has 0 saturated heterocycles. The highest BCUT2D eigenvalue weighted by Gasteiger charge is 2.15. The van der Waals surface area contributed by atoms with E-state index in [-0.39, 0.29) is 0 Å². The maximum atomic E-state index is 10.0. The lowest BCUT2D eigenvalue weighted by Crippen LogP contribution is -2.19. The number of aryl methyl sites for hydroxylation is 1. The third kappa shape index (κ3) is 2.13. The summed E-state index contributed by atoms with van der Waals surface area (Å²) in [6.45, 7) is 3.76. The second kappa shape index (κ2) is 4.69. The van der Waals surface area contributed by atoms with E-state index in [0.29, 0.717) is 0 Å². The van der Waals surface area contributed by atoms with E-state index in [2.05, 4.69) is 54.6 Å². The Morgan fingerprint density at radius 3 is 2.05 bits per heavy atom. The van der Waals surface area contributed by atoms with Crippen molar-refractivity contribution in [3.05, 3.63) is 60.2 Å². The molecule has 0 fully saturated rings. The van der Waals surface area contributed by atoms with Gasteiger partial charge in [-0.25, -0.2) is 0 Å². The largest absolute Gasteiger partial charge is 0.390 e. The van der Waals surface area contributed by atoms with Crippen LogP contribution in [0, 0.1) is 0 Å². The van der Waals surface area contributed by atoms with Gasteiger partial charge in [0.2, 0.25) is 0 Å². The summed E-state index contributed by atoms with van der Waals surface area (Å²) in [6.07, 6.45) is 1.68. The van der Waals surface area contributed by atoms with Crippen LogP contribution < -0.4 is 0 Å². The molecule has 0 amide bonds. The van der Waals surface area contributed by atoms with Crippen molar-refractivity contribution in [1.82, 2.24) is 0 Å². The van der Waals surface area contributed by atoms with Gasteiger partial charge in [-0.1, -0.05) is 54.6 Å². The highest BCUT2D eigenvalue weighted by Crippen LogP contribution is 2.36. The Kier molecular flexibility index (Phi) is 2.88. The quantitative estimate of drug-likeness (QED) is 0.508. The van der Waals surface area contributed by atoms with Crippen LogP contribution in [0.5, 0.6) is 0 Å². The molecule has 1 heteroatoms. The molecule has 0 aromatic heterocycles. The Hall–Kier alpha value is -2.12. The van der Waals surface area contributed by atoms with Crippen LogP contribution in [0.1, 0.15) is 25.8 Å². The Labute approximate surface area is 130 Å². The van der Waals surface area contributed by atoms with Crippen molar-refractivity contribution in [1.29, 1.82) is 0 Å². The number of hydrogen-bond donors (Lipinski definition) is 1. The average molecular weight is 288 g/mol. The molecule has 4 rings (SSSR count). The van der Waals surface area contributed by atoms with Crippen molar-refractivity contribution in [3.8, 4) is 0 Å². The average Bonchev–Trinajstić information content (AvgIpc) is 2.50. The zero-order valence-corrected chi connectivity index (χ0v) is 13.1. The van der Waals surface area contributed by atoms with E-state index in [9.17, 15) is 5.11 Å². The van der Waals surface area contributed by atoms with Crippen LogP contribution in [-0.2, 0) is 6.42 Å². The zero-order valence-electron chi connectivity index (χ0n) is 13.1. The molecular formula is C21H20O. The monoisotopic (exact) mass is 288 g/mol. The maximum Gasteiger partial charge on any atom is 0.0594 e. The van der Waals surface area contributed by atoms with Gasteiger partial charge in [-0.2, -0.15) is 0 Å². The fourth-order valence-electron chi connectivity index (χ4n) is 3.45. The SMILES string of the molecule is CC(C)(O)CCc1ccc2ccc3cccc4ccc1c2c34. The molecule has 0 unspecified atom stereocenters. The molecular weight excluding hydrogens is 268 g/mol. The summed E-state index contributed by atoms with van der Waals surface area (Å²) in [6, 6.07) is 19.8. The summed E-state index contributed by atoms with van der Waals surface area (Å²) in [5.41, 5.74) is 0.706. The smallest absolute Gasteiger partial charge is 0.0594 e. The van der Waals surface area contributed by atoms with Gasteiger partial charge < -0.3 is 5.11 Å². The van der Waals surface area contributed by atoms with Crippen molar-refractivity contribution >= 4 is 32.3 Å². The molecule has 110 valence electrons. The van der Waals surface area contributed by atoms with Crippen LogP contribution in [0.3, 0.4) is 0 Å². The molecule has 0 heterocycles. The lowest BCUT2D eigenvalue weighted by molar-refractivity contribution is 0.0715. The lowest BCUT2D eigenvalue weighted by Gasteiger charge is -2.18. The fraction of sp³-hybridized carbons (Fsp3) is 0.238. The molecule has 0 aliphatic rings. The first kappa shape index (κ1) is 13.5. The molecule has 4 aromatic carbocycles. The van der Waals surface area contributed by atoms with Crippen molar-refractivity contribution in [2.45, 2.75) is 32.3 Å². The van der Waals surface area contributed by atoms with E-state index in [1.165, 1.54) is 37.9 Å². The van der Waals surface area contributed by atoms with Crippen molar-refractivity contribution in [3.63, 3.8) is 0 Å². The topological polar surface area (TPSA) is 20.2 Å². The van der Waals surface area contributed by atoms with Crippen LogP contribution in [-0.4, -0.2) is 10.7 Å². The second-order valence-corrected chi connectivity index (χ2v) is 6.89. The Bertz CT molecular complexity index is 944. The summed E-state index contributed by atoms with van der Waals surface area (Å²) in [7, 11) is 0. The standard InChI is InChI=1S/C21H20O/c1-21(2,22)13-12-14-6-7-17-9-8-15-4-3-5-16-10-11-18(14)20(17)19(15)16/h3-11,22H,12-13H2,1-2H3. The zero-order chi connectivity index (χ0) is 15.3. The summed E-state index contributed by atoms with van der Waals surface area (Å²) in [4.78, 5) is 0. The molecule has 1 N–H and O–H groups in total. The van der Waals surface area contributed by atoms with Crippen LogP contribution in [0.15, 0.2) is 54.6 Å². The first-order valence-corrected chi connectivity index (χ1v) is 7.91. The number of benzene rings is 4. The number of rotatable bonds is 3. The minimum absolute atomic E-state index is 0.621. The van der Waals surface area contributed by atoms with Crippen molar-refractivity contribution in [2.24, 2.45) is 0 Å². The molecule has 1 nitrogen and oxygen atoms in total. The van der Waals surface area contributed by atoms with Crippen LogP contribution in [0.2, 0.25) is 0 Å². The van der Waals surface area contributed by atoms with Crippen LogP contribution >= 0.6 is 0 Å². The molecule has 0 spiro atoms. The maximum absolute atomic E-state index is 10.0. The summed E-state index contributed by atoms with van der Waals surface area (Å²) in [5.74, 6) is 0. The first-order chi connectivity index (χ1) is 10.5. The summed E-state index contributed by atoms with van der Waals surface area (Å²) < 4.78 is 0. The second-order valence-electron chi connectivity index (χ2n) is 6.89. The normalized spacial score (nSPS) is 12.7. The third-order valence-electron chi connectivity index (χ3n) is 4.63. The van der Waals surface area contributed by atoms with E-state index in [1.807, 2.05) is 13.8 Å². The number of hydrogen-bond acceptors (Lipinski definition) is 1. The molecule has 4 aromatic rings. The molecule has 0 atom stereocenters. The summed E-state index contributed by atoms with van der Waals surface area (Å²) >= 11 is 0. The van der Waals surface area contributed by atoms with Gasteiger partial charge in [0.05, 0.1) is 5.60 Å². The highest BCUT2D eigenvalue weighted by atomic mass is 16.3. The predicted molar refractivity (Wildman–Crippen MR) is 94.8 cm³/mol. The Morgan fingerprint density at radius 2 is 1.36 bits per heavy atom. The van der Waals surface area contributed by atoms with E-state index in [1.54, 1.807) is 0 Å². The first-order valence-electron chi connectivity index (χ1n) is 7.91. The molecule has 22 heavy (non-hydrogen) atoms. The van der Waals surface area contributed by atoms with Gasteiger partial charge in [0.25, 0.3) is 0 Å². The van der Waals surface area contributed by atoms with E-state index >= 15 is 0 Å². The van der Waals surface area contributed by atoms with Gasteiger partial charge in [0.15, 0.2) is 0 Å². The van der Waals surface area contributed by atoms with Crippen LogP contribution in [0.25, 0.3) is 32.3 Å². The highest BCUT2D eigenvalue weighted by molar-refractivity contribution is 6.23. The van der Waals surface area contributed by atoms with Gasteiger partial charge >= 0.3 is 0 Å². The molecule has 0 bridgehead atoms. The van der Waals surface area contributed by atoms with Crippen molar-refractivity contribution < 1.29 is 5.11 Å². The van der Waals surface area contributed by atoms with Gasteiger partial charge in [-0.15, -0.1) is 0 Å². The van der Waals surface area contributed by atoms with Crippen molar-refractivity contribution in [2.75, 3.05) is 0 Å². The molecule has 0 radical (unpaired) electrons. The Balaban J connectivity index is 2.00. The van der Waals surface area contributed by atoms with Crippen LogP contribution in [0.4, 0.5) is 0 Å². The van der Waals surface area contributed by atoms with E-state index in [0.717, 1.165) is 12.8 Å². The van der Waals surface area contributed by atoms with Gasteiger partial charge in [0, 0.05) is 0 Å². The van der Waals surface area contributed by atoms with E-state index < -0.39 is 5.60 Å². The fourth-order valence-corrected chi connectivity index (χ4v) is 3.45. The van der Waals surface area contributed by atoms with E-state index in [4.69, 9.17) is 0 Å². The predicted octanol–water partition coefficient (Wildman–Crippen LogP) is 5.29. The Morgan fingerprint density at radius 1 is 0.773 bits per heavy atom. The summed E-state index contributed by atoms with van der Waals surface area (Å²) in [5, 5.41) is 18.0. The molecule has 0 aliphatic carbocycles. The lowest BCUT2D eigenvalue weighted by atomic mass is 9.89.